The summed E-state index contributed by atoms with van der Waals surface area (Å²) in [6.45, 7) is 1.96. The molecule has 1 saturated heterocycles. The van der Waals surface area contributed by atoms with E-state index in [2.05, 4.69) is 5.32 Å². The summed E-state index contributed by atoms with van der Waals surface area (Å²) in [6.07, 6.45) is 0. The molecule has 1 N–H and O–H groups in total. The van der Waals surface area contributed by atoms with Crippen molar-refractivity contribution in [1.29, 1.82) is 0 Å². The highest BCUT2D eigenvalue weighted by atomic mass is 19.1. The average Bonchev–Trinajstić information content (AvgIpc) is 2.65. The molecule has 0 aliphatic carbocycles. The first kappa shape index (κ1) is 18.7. The predicted molar refractivity (Wildman–Crippen MR) is 93.7 cm³/mol. The monoisotopic (exact) mass is 377 g/mol. The van der Waals surface area contributed by atoms with Gasteiger partial charge in [0.05, 0.1) is 29.4 Å². The predicted octanol–water partition coefficient (Wildman–Crippen LogP) is 2.64. The molecule has 9 heteroatoms. The van der Waals surface area contributed by atoms with Crippen molar-refractivity contribution in [3.8, 4) is 0 Å². The van der Waals surface area contributed by atoms with Crippen LogP contribution in [0.1, 0.15) is 15.9 Å². The van der Waals surface area contributed by atoms with E-state index in [9.17, 15) is 23.7 Å². The summed E-state index contributed by atoms with van der Waals surface area (Å²) in [5.41, 5.74) is 0.711. The molecule has 27 heavy (non-hydrogen) atoms. The largest absolute Gasteiger partial charge is 0.378 e. The van der Waals surface area contributed by atoms with E-state index < -0.39 is 22.5 Å². The lowest BCUT2D eigenvalue weighted by atomic mass is 10.1. The number of carbonyl (C=O) groups is 1. The van der Waals surface area contributed by atoms with E-state index in [0.29, 0.717) is 32.0 Å². The summed E-state index contributed by atoms with van der Waals surface area (Å²) in [5, 5.41) is 13.6. The normalized spacial score (nSPS) is 14.1. The van der Waals surface area contributed by atoms with Crippen molar-refractivity contribution in [2.75, 3.05) is 31.2 Å². The minimum Gasteiger partial charge on any atom is -0.378 e. The quantitative estimate of drug-likeness (QED) is 0.640. The summed E-state index contributed by atoms with van der Waals surface area (Å²) >= 11 is 0. The van der Waals surface area contributed by atoms with Gasteiger partial charge in [-0.1, -0.05) is 0 Å². The molecule has 2 aromatic carbocycles. The molecular formula is C18H17F2N3O4. The van der Waals surface area contributed by atoms with Gasteiger partial charge in [0.1, 0.15) is 11.6 Å². The topological polar surface area (TPSA) is 84.7 Å². The third-order valence-corrected chi connectivity index (χ3v) is 4.16. The lowest BCUT2D eigenvalue weighted by molar-refractivity contribution is -0.384. The van der Waals surface area contributed by atoms with E-state index in [1.54, 1.807) is 0 Å². The molecule has 1 aliphatic rings. The minimum absolute atomic E-state index is 0.112. The summed E-state index contributed by atoms with van der Waals surface area (Å²) in [7, 11) is 0. The number of nitro groups is 1. The highest BCUT2D eigenvalue weighted by Crippen LogP contribution is 2.26. The number of halogens is 2. The lowest BCUT2D eigenvalue weighted by Crippen LogP contribution is -2.38. The van der Waals surface area contributed by atoms with Crippen LogP contribution in [0.25, 0.3) is 0 Å². The lowest BCUT2D eigenvalue weighted by Gasteiger charge is -2.30. The first-order chi connectivity index (χ1) is 12.9. The fourth-order valence-corrected chi connectivity index (χ4v) is 2.89. The molecule has 7 nitrogen and oxygen atoms in total. The van der Waals surface area contributed by atoms with Gasteiger partial charge in [0, 0.05) is 37.8 Å². The van der Waals surface area contributed by atoms with Gasteiger partial charge in [-0.15, -0.1) is 0 Å². The van der Waals surface area contributed by atoms with Crippen LogP contribution in [0.3, 0.4) is 0 Å². The van der Waals surface area contributed by atoms with E-state index in [0.717, 1.165) is 18.2 Å². The van der Waals surface area contributed by atoms with Gasteiger partial charge in [-0.05, 0) is 23.8 Å². The van der Waals surface area contributed by atoms with E-state index in [1.165, 1.54) is 18.2 Å². The molecule has 0 saturated carbocycles. The summed E-state index contributed by atoms with van der Waals surface area (Å²) < 4.78 is 31.8. The van der Waals surface area contributed by atoms with Gasteiger partial charge in [-0.25, -0.2) is 8.78 Å². The number of benzene rings is 2. The zero-order valence-corrected chi connectivity index (χ0v) is 14.3. The van der Waals surface area contributed by atoms with Gasteiger partial charge in [0.15, 0.2) is 0 Å². The van der Waals surface area contributed by atoms with Gasteiger partial charge in [0.25, 0.3) is 11.6 Å². The number of amides is 1. The van der Waals surface area contributed by atoms with Crippen LogP contribution in [0, 0.1) is 21.7 Å². The molecule has 2 aromatic rings. The van der Waals surface area contributed by atoms with Crippen molar-refractivity contribution < 1.29 is 23.2 Å². The van der Waals surface area contributed by atoms with E-state index in [-0.39, 0.29) is 23.4 Å². The van der Waals surface area contributed by atoms with Gasteiger partial charge < -0.3 is 15.0 Å². The van der Waals surface area contributed by atoms with Crippen LogP contribution in [0.2, 0.25) is 0 Å². The number of carbonyl (C=O) groups excluding carboxylic acids is 1. The van der Waals surface area contributed by atoms with Crippen LogP contribution in [0.5, 0.6) is 0 Å². The first-order valence-electron chi connectivity index (χ1n) is 8.28. The Hall–Kier alpha value is -3.07. The molecule has 0 atom stereocenters. The third-order valence-electron chi connectivity index (χ3n) is 4.16. The number of morpholine rings is 1. The Kier molecular flexibility index (Phi) is 5.60. The molecule has 1 aliphatic heterocycles. The number of nitro benzene ring substituents is 1. The number of hydrogen-bond acceptors (Lipinski definition) is 5. The zero-order valence-electron chi connectivity index (χ0n) is 14.3. The van der Waals surface area contributed by atoms with Crippen molar-refractivity contribution in [1.82, 2.24) is 5.32 Å². The Morgan fingerprint density at radius 2 is 1.81 bits per heavy atom. The average molecular weight is 377 g/mol. The minimum atomic E-state index is -0.747. The standard InChI is InChI=1S/C18H17F2N3O4/c19-13-7-12(8-14(20)9-13)11-21-18(24)16-10-15(23(25)26)1-2-17(16)22-3-5-27-6-4-22/h1-2,7-10H,3-6,11H2,(H,21,24). The van der Waals surface area contributed by atoms with Crippen molar-refractivity contribution in [2.45, 2.75) is 6.54 Å². The number of non-ortho nitro benzene ring substituents is 1. The fraction of sp³-hybridized carbons (Fsp3) is 0.278. The number of hydrogen-bond donors (Lipinski definition) is 1. The Morgan fingerprint density at radius 1 is 1.15 bits per heavy atom. The maximum atomic E-state index is 13.3. The smallest absolute Gasteiger partial charge is 0.270 e. The maximum absolute atomic E-state index is 13.3. The molecule has 0 unspecified atom stereocenters. The first-order valence-corrected chi connectivity index (χ1v) is 8.28. The summed E-state index contributed by atoms with van der Waals surface area (Å²) in [5.74, 6) is -2.06. The second kappa shape index (κ2) is 8.09. The van der Waals surface area contributed by atoms with Crippen molar-refractivity contribution >= 4 is 17.3 Å². The van der Waals surface area contributed by atoms with Gasteiger partial charge in [0.2, 0.25) is 0 Å². The number of nitrogens with one attached hydrogen (secondary N) is 1. The molecule has 1 heterocycles. The molecule has 0 bridgehead atoms. The molecular weight excluding hydrogens is 360 g/mol. The maximum Gasteiger partial charge on any atom is 0.270 e. The van der Waals surface area contributed by atoms with Gasteiger partial charge >= 0.3 is 0 Å². The van der Waals surface area contributed by atoms with Crippen molar-refractivity contribution in [2.24, 2.45) is 0 Å². The fourth-order valence-electron chi connectivity index (χ4n) is 2.89. The highest BCUT2D eigenvalue weighted by Gasteiger charge is 2.22. The molecule has 3 rings (SSSR count). The van der Waals surface area contributed by atoms with Crippen molar-refractivity contribution in [3.05, 3.63) is 69.3 Å². The Bertz CT molecular complexity index is 849. The zero-order chi connectivity index (χ0) is 19.4. The van der Waals surface area contributed by atoms with Crippen LogP contribution in [-0.4, -0.2) is 37.1 Å². The molecule has 1 amide bonds. The SMILES string of the molecule is O=C(NCc1cc(F)cc(F)c1)c1cc([N+](=O)[O-])ccc1N1CCOCC1. The Balaban J connectivity index is 1.84. The van der Waals surface area contributed by atoms with Crippen LogP contribution >= 0.6 is 0 Å². The molecule has 0 radical (unpaired) electrons. The van der Waals surface area contributed by atoms with E-state index in [1.807, 2.05) is 4.90 Å². The molecule has 0 spiro atoms. The summed E-state index contributed by atoms with van der Waals surface area (Å²) in [6, 6.07) is 7.03. The van der Waals surface area contributed by atoms with Gasteiger partial charge in [-0.2, -0.15) is 0 Å². The second-order valence-corrected chi connectivity index (χ2v) is 6.02. The van der Waals surface area contributed by atoms with Crippen LogP contribution in [0.15, 0.2) is 36.4 Å². The number of rotatable bonds is 5. The van der Waals surface area contributed by atoms with E-state index >= 15 is 0 Å². The van der Waals surface area contributed by atoms with Crippen LogP contribution in [0.4, 0.5) is 20.2 Å². The van der Waals surface area contributed by atoms with E-state index in [4.69, 9.17) is 4.74 Å². The number of ether oxygens (including phenoxy) is 1. The highest BCUT2D eigenvalue weighted by molar-refractivity contribution is 6.00. The molecule has 1 fully saturated rings. The van der Waals surface area contributed by atoms with Crippen molar-refractivity contribution in [3.63, 3.8) is 0 Å². The molecule has 142 valence electrons. The Morgan fingerprint density at radius 3 is 2.44 bits per heavy atom. The van der Waals surface area contributed by atoms with Crippen LogP contribution < -0.4 is 10.2 Å². The Labute approximate surface area is 153 Å². The van der Waals surface area contributed by atoms with Crippen LogP contribution in [-0.2, 0) is 11.3 Å². The number of nitrogens with zero attached hydrogens (tertiary/aromatic N) is 2. The summed E-state index contributed by atoms with van der Waals surface area (Å²) in [4.78, 5) is 25.0. The molecule has 0 aromatic heterocycles. The second-order valence-electron chi connectivity index (χ2n) is 6.02. The number of anilines is 1. The third kappa shape index (κ3) is 4.56. The van der Waals surface area contributed by atoms with Gasteiger partial charge in [-0.3, -0.25) is 14.9 Å².